The maximum atomic E-state index is 11.2. The smallest absolute Gasteiger partial charge is 0.267 e. The summed E-state index contributed by atoms with van der Waals surface area (Å²) in [5, 5.41) is 3.81. The molecular weight excluding hydrogens is 152 g/mol. The molecule has 1 aromatic heterocycles. The van der Waals surface area contributed by atoms with Crippen molar-refractivity contribution in [2.75, 3.05) is 0 Å². The molecule has 0 amide bonds. The number of hydrogen-bond donors (Lipinski definition) is 0. The zero-order chi connectivity index (χ0) is 8.81. The molecule has 0 spiro atoms. The predicted molar refractivity (Wildman–Crippen MR) is 46.9 cm³/mol. The highest BCUT2D eigenvalue weighted by Gasteiger charge is 1.96. The first-order chi connectivity index (χ1) is 5.84. The van der Waals surface area contributed by atoms with Gasteiger partial charge in [-0.3, -0.25) is 4.79 Å². The van der Waals surface area contributed by atoms with E-state index in [1.807, 2.05) is 6.08 Å². The number of aromatic nitrogens is 2. The minimum absolute atomic E-state index is 0.0894. The van der Waals surface area contributed by atoms with Crippen LogP contribution in [0.1, 0.15) is 24.6 Å². The van der Waals surface area contributed by atoms with E-state index in [0.717, 1.165) is 12.8 Å². The molecule has 0 fully saturated rings. The van der Waals surface area contributed by atoms with Gasteiger partial charge in [0.05, 0.1) is 0 Å². The predicted octanol–water partition coefficient (Wildman–Crippen LogP) is 1.88. The van der Waals surface area contributed by atoms with Crippen LogP contribution in [-0.4, -0.2) is 15.7 Å². The van der Waals surface area contributed by atoms with Crippen molar-refractivity contribution in [2.24, 2.45) is 0 Å². The topological polar surface area (TPSA) is 34.9 Å². The van der Waals surface area contributed by atoms with Gasteiger partial charge in [0.15, 0.2) is 0 Å². The van der Waals surface area contributed by atoms with Gasteiger partial charge in [-0.2, -0.15) is 5.10 Å². The van der Waals surface area contributed by atoms with Crippen LogP contribution in [0.4, 0.5) is 0 Å². The van der Waals surface area contributed by atoms with E-state index in [9.17, 15) is 4.79 Å². The lowest BCUT2D eigenvalue weighted by molar-refractivity contribution is 0.0954. The monoisotopic (exact) mass is 164 g/mol. The molecule has 1 rings (SSSR count). The van der Waals surface area contributed by atoms with Crippen LogP contribution in [0.15, 0.2) is 30.6 Å². The highest BCUT2D eigenvalue weighted by atomic mass is 16.2. The maximum absolute atomic E-state index is 11.2. The summed E-state index contributed by atoms with van der Waals surface area (Å²) in [5.74, 6) is -0.0894. The fourth-order valence-corrected chi connectivity index (χ4v) is 0.826. The molecule has 0 unspecified atom stereocenters. The third-order valence-electron chi connectivity index (χ3n) is 1.45. The summed E-state index contributed by atoms with van der Waals surface area (Å²) >= 11 is 0. The van der Waals surface area contributed by atoms with Crippen molar-refractivity contribution in [1.29, 1.82) is 0 Å². The summed E-state index contributed by atoms with van der Waals surface area (Å²) in [7, 11) is 0. The molecular formula is C9H12N2O. The van der Waals surface area contributed by atoms with E-state index in [2.05, 4.69) is 12.0 Å². The maximum Gasteiger partial charge on any atom is 0.270 e. The minimum Gasteiger partial charge on any atom is -0.267 e. The van der Waals surface area contributed by atoms with E-state index >= 15 is 0 Å². The first kappa shape index (κ1) is 8.71. The molecule has 3 nitrogen and oxygen atoms in total. The van der Waals surface area contributed by atoms with Crippen molar-refractivity contribution in [2.45, 2.75) is 19.8 Å². The Hall–Kier alpha value is -1.38. The van der Waals surface area contributed by atoms with Crippen molar-refractivity contribution < 1.29 is 4.79 Å². The second-order valence-electron chi connectivity index (χ2n) is 2.48. The normalized spacial score (nSPS) is 10.8. The van der Waals surface area contributed by atoms with Gasteiger partial charge in [0.2, 0.25) is 0 Å². The van der Waals surface area contributed by atoms with Gasteiger partial charge in [-0.05, 0) is 12.5 Å². The molecule has 0 saturated carbocycles. The molecule has 1 aromatic rings. The molecule has 12 heavy (non-hydrogen) atoms. The Labute approximate surface area is 71.7 Å². The zero-order valence-corrected chi connectivity index (χ0v) is 7.10. The van der Waals surface area contributed by atoms with Gasteiger partial charge in [-0.15, -0.1) is 0 Å². The quantitative estimate of drug-likeness (QED) is 0.639. The van der Waals surface area contributed by atoms with Gasteiger partial charge in [-0.1, -0.05) is 19.4 Å². The standard InChI is InChI=1S/C9H12N2O/c1-2-3-4-6-9(12)11-8-5-7-10-11/h4-8H,2-3H2,1H3/b6-4+. The van der Waals surface area contributed by atoms with E-state index in [4.69, 9.17) is 0 Å². The Bertz CT molecular complexity index is 262. The van der Waals surface area contributed by atoms with E-state index in [1.165, 1.54) is 4.68 Å². The third kappa shape index (κ3) is 2.34. The van der Waals surface area contributed by atoms with Gasteiger partial charge >= 0.3 is 0 Å². The molecule has 0 aromatic carbocycles. The second-order valence-corrected chi connectivity index (χ2v) is 2.48. The SMILES string of the molecule is CCC/C=C/C(=O)n1cccn1. The van der Waals surface area contributed by atoms with Crippen molar-refractivity contribution in [3.05, 3.63) is 30.6 Å². The molecule has 0 aliphatic heterocycles. The molecule has 0 radical (unpaired) electrons. The molecule has 0 N–H and O–H groups in total. The molecule has 3 heteroatoms. The Morgan fingerprint density at radius 3 is 3.08 bits per heavy atom. The van der Waals surface area contributed by atoms with E-state index < -0.39 is 0 Å². The van der Waals surface area contributed by atoms with E-state index in [0.29, 0.717) is 0 Å². The van der Waals surface area contributed by atoms with Crippen LogP contribution in [0.3, 0.4) is 0 Å². The number of nitrogens with zero attached hydrogens (tertiary/aromatic N) is 2. The van der Waals surface area contributed by atoms with Crippen LogP contribution < -0.4 is 0 Å². The molecule has 0 bridgehead atoms. The molecule has 1 heterocycles. The highest BCUT2D eigenvalue weighted by molar-refractivity contribution is 5.88. The minimum atomic E-state index is -0.0894. The first-order valence-electron chi connectivity index (χ1n) is 4.05. The fraction of sp³-hybridized carbons (Fsp3) is 0.333. The van der Waals surface area contributed by atoms with Crippen molar-refractivity contribution in [3.63, 3.8) is 0 Å². The van der Waals surface area contributed by atoms with Crippen molar-refractivity contribution in [1.82, 2.24) is 9.78 Å². The second kappa shape index (κ2) is 4.49. The van der Waals surface area contributed by atoms with Crippen LogP contribution in [0.25, 0.3) is 0 Å². The lowest BCUT2D eigenvalue weighted by Crippen LogP contribution is -2.06. The largest absolute Gasteiger partial charge is 0.270 e. The number of carbonyl (C=O) groups is 1. The van der Waals surface area contributed by atoms with Gasteiger partial charge in [0, 0.05) is 18.5 Å². The summed E-state index contributed by atoms with van der Waals surface area (Å²) in [6, 6.07) is 1.73. The van der Waals surface area contributed by atoms with E-state index in [-0.39, 0.29) is 5.91 Å². The number of carbonyl (C=O) groups excluding carboxylic acids is 1. The average molecular weight is 164 g/mol. The number of hydrogen-bond acceptors (Lipinski definition) is 2. The van der Waals surface area contributed by atoms with Gasteiger partial charge < -0.3 is 0 Å². The fourth-order valence-electron chi connectivity index (χ4n) is 0.826. The van der Waals surface area contributed by atoms with Crippen molar-refractivity contribution in [3.8, 4) is 0 Å². The van der Waals surface area contributed by atoms with Gasteiger partial charge in [-0.25, -0.2) is 4.68 Å². The van der Waals surface area contributed by atoms with Crippen LogP contribution in [0, 0.1) is 0 Å². The molecule has 0 aliphatic carbocycles. The number of rotatable bonds is 3. The Morgan fingerprint density at radius 2 is 2.50 bits per heavy atom. The molecule has 0 saturated heterocycles. The summed E-state index contributed by atoms with van der Waals surface area (Å²) in [6.45, 7) is 2.07. The Morgan fingerprint density at radius 1 is 1.67 bits per heavy atom. The highest BCUT2D eigenvalue weighted by Crippen LogP contribution is 1.91. The molecule has 64 valence electrons. The summed E-state index contributed by atoms with van der Waals surface area (Å²) in [6.07, 6.45) is 8.64. The number of unbranched alkanes of at least 4 members (excludes halogenated alkanes) is 1. The van der Waals surface area contributed by atoms with Crippen molar-refractivity contribution >= 4 is 5.91 Å². The van der Waals surface area contributed by atoms with Crippen LogP contribution in [0.2, 0.25) is 0 Å². The molecule has 0 atom stereocenters. The van der Waals surface area contributed by atoms with Gasteiger partial charge in [0.25, 0.3) is 5.91 Å². The van der Waals surface area contributed by atoms with Crippen LogP contribution in [-0.2, 0) is 0 Å². The average Bonchev–Trinajstić information content (AvgIpc) is 2.56. The van der Waals surface area contributed by atoms with E-state index in [1.54, 1.807) is 24.5 Å². The van der Waals surface area contributed by atoms with Gasteiger partial charge in [0.1, 0.15) is 0 Å². The number of allylic oxidation sites excluding steroid dienone is 2. The Kier molecular flexibility index (Phi) is 3.26. The first-order valence-corrected chi connectivity index (χ1v) is 4.05. The van der Waals surface area contributed by atoms with Crippen LogP contribution in [0.5, 0.6) is 0 Å². The molecule has 0 aliphatic rings. The summed E-state index contributed by atoms with van der Waals surface area (Å²) in [5.41, 5.74) is 0. The summed E-state index contributed by atoms with van der Waals surface area (Å²) in [4.78, 5) is 11.2. The van der Waals surface area contributed by atoms with Crippen LogP contribution >= 0.6 is 0 Å². The Balaban J connectivity index is 2.50. The lowest BCUT2D eigenvalue weighted by atomic mass is 10.3. The summed E-state index contributed by atoms with van der Waals surface area (Å²) < 4.78 is 1.31. The third-order valence-corrected chi connectivity index (χ3v) is 1.45. The lowest BCUT2D eigenvalue weighted by Gasteiger charge is -1.91. The zero-order valence-electron chi connectivity index (χ0n) is 7.10.